The number of carbonyl (C=O) groups is 2. The van der Waals surface area contributed by atoms with E-state index < -0.39 is 11.9 Å². The zero-order valence-corrected chi connectivity index (χ0v) is 9.86. The van der Waals surface area contributed by atoms with Crippen LogP contribution in [-0.2, 0) is 9.59 Å². The van der Waals surface area contributed by atoms with Gasteiger partial charge in [-0.2, -0.15) is 0 Å². The van der Waals surface area contributed by atoms with Crippen molar-refractivity contribution in [1.29, 1.82) is 0 Å². The fourth-order valence-corrected chi connectivity index (χ4v) is 1.99. The van der Waals surface area contributed by atoms with E-state index in [1.54, 1.807) is 0 Å². The average Bonchev–Trinajstić information content (AvgIpc) is 3.03. The maximum Gasteiger partial charge on any atom is 0.307 e. The number of nitrogens with one attached hydrogen (secondary N) is 1. The smallest absolute Gasteiger partial charge is 0.307 e. The molecule has 1 fully saturated rings. The van der Waals surface area contributed by atoms with Gasteiger partial charge in [-0.05, 0) is 31.4 Å². The first kappa shape index (κ1) is 11.6. The molecule has 0 heterocycles. The molecule has 1 saturated carbocycles. The monoisotopic (exact) mass is 233 g/mol. The third-order valence-corrected chi connectivity index (χ3v) is 3.17. The minimum absolute atomic E-state index is 0.185. The molecule has 4 heteroatoms. The second-order valence-corrected chi connectivity index (χ2v) is 4.54. The second-order valence-electron chi connectivity index (χ2n) is 4.54. The highest BCUT2D eigenvalue weighted by Gasteiger charge is 2.48. The summed E-state index contributed by atoms with van der Waals surface area (Å²) in [5, 5.41) is 11.6. The maximum atomic E-state index is 11.8. The van der Waals surface area contributed by atoms with E-state index in [2.05, 4.69) is 5.32 Å². The minimum atomic E-state index is -0.883. The van der Waals surface area contributed by atoms with Crippen LogP contribution in [0.15, 0.2) is 18.2 Å². The number of carboxylic acid groups (broad SMARTS) is 1. The first-order chi connectivity index (χ1) is 8.00. The number of aryl methyl sites for hydroxylation is 2. The van der Waals surface area contributed by atoms with Crippen molar-refractivity contribution in [3.8, 4) is 0 Å². The largest absolute Gasteiger partial charge is 0.481 e. The van der Waals surface area contributed by atoms with Gasteiger partial charge in [0.1, 0.15) is 0 Å². The molecule has 0 bridgehead atoms. The molecule has 0 aliphatic heterocycles. The molecule has 2 atom stereocenters. The van der Waals surface area contributed by atoms with Gasteiger partial charge in [-0.1, -0.05) is 18.2 Å². The van der Waals surface area contributed by atoms with Gasteiger partial charge in [0.05, 0.1) is 11.8 Å². The molecule has 17 heavy (non-hydrogen) atoms. The second kappa shape index (κ2) is 4.20. The summed E-state index contributed by atoms with van der Waals surface area (Å²) in [5.41, 5.74) is 2.78. The van der Waals surface area contributed by atoms with E-state index >= 15 is 0 Å². The molecule has 1 aliphatic carbocycles. The molecule has 0 spiro atoms. The summed E-state index contributed by atoms with van der Waals surface area (Å²) in [6.07, 6.45) is 0.450. The molecule has 1 aromatic rings. The van der Waals surface area contributed by atoms with Crippen LogP contribution in [0.25, 0.3) is 0 Å². The van der Waals surface area contributed by atoms with Gasteiger partial charge in [0.15, 0.2) is 0 Å². The number of carboxylic acids is 1. The van der Waals surface area contributed by atoms with Crippen LogP contribution in [0, 0.1) is 25.7 Å². The Balaban J connectivity index is 2.07. The van der Waals surface area contributed by atoms with Crippen LogP contribution < -0.4 is 5.32 Å². The Morgan fingerprint density at radius 2 is 1.82 bits per heavy atom. The number of hydrogen-bond donors (Lipinski definition) is 2. The first-order valence-corrected chi connectivity index (χ1v) is 5.60. The highest BCUT2D eigenvalue weighted by atomic mass is 16.4. The molecule has 0 aromatic heterocycles. The standard InChI is InChI=1S/C13H15NO3/c1-7-4-3-5-8(2)11(7)14-12(15)9-6-10(9)13(16)17/h3-5,9-10H,6H2,1-2H3,(H,14,15)(H,16,17)/t9-,10+/m1/s1. The number of benzene rings is 1. The van der Waals surface area contributed by atoms with Gasteiger partial charge < -0.3 is 10.4 Å². The van der Waals surface area contributed by atoms with Crippen molar-refractivity contribution in [3.05, 3.63) is 29.3 Å². The topological polar surface area (TPSA) is 66.4 Å². The number of para-hydroxylation sites is 1. The lowest BCUT2D eigenvalue weighted by Crippen LogP contribution is -2.18. The van der Waals surface area contributed by atoms with E-state index in [4.69, 9.17) is 5.11 Å². The summed E-state index contributed by atoms with van der Waals surface area (Å²) >= 11 is 0. The van der Waals surface area contributed by atoms with Gasteiger partial charge in [-0.15, -0.1) is 0 Å². The predicted molar refractivity (Wildman–Crippen MR) is 63.8 cm³/mol. The van der Waals surface area contributed by atoms with Crippen molar-refractivity contribution in [1.82, 2.24) is 0 Å². The van der Waals surface area contributed by atoms with Crippen LogP contribution in [0.1, 0.15) is 17.5 Å². The summed E-state index contributed by atoms with van der Waals surface area (Å²) in [4.78, 5) is 22.5. The molecule has 1 amide bonds. The van der Waals surface area contributed by atoms with Gasteiger partial charge in [-0.25, -0.2) is 0 Å². The summed E-state index contributed by atoms with van der Waals surface area (Å²) in [6.45, 7) is 3.84. The molecule has 2 rings (SSSR count). The zero-order chi connectivity index (χ0) is 12.6. The normalized spacial score (nSPS) is 22.0. The van der Waals surface area contributed by atoms with E-state index in [1.165, 1.54) is 0 Å². The van der Waals surface area contributed by atoms with Gasteiger partial charge in [0.2, 0.25) is 5.91 Å². The highest BCUT2D eigenvalue weighted by Crippen LogP contribution is 2.39. The Hall–Kier alpha value is -1.84. The summed E-state index contributed by atoms with van der Waals surface area (Å²) in [7, 11) is 0. The molecule has 0 radical (unpaired) electrons. The molecule has 90 valence electrons. The van der Waals surface area contributed by atoms with Crippen LogP contribution in [0.2, 0.25) is 0 Å². The average molecular weight is 233 g/mol. The Bertz CT molecular complexity index is 461. The van der Waals surface area contributed by atoms with Crippen molar-refractivity contribution < 1.29 is 14.7 Å². The summed E-state index contributed by atoms with van der Waals surface area (Å²) in [6, 6.07) is 5.77. The van der Waals surface area contributed by atoms with Crippen LogP contribution in [0.3, 0.4) is 0 Å². The fraction of sp³-hybridized carbons (Fsp3) is 0.385. The molecular formula is C13H15NO3. The Morgan fingerprint density at radius 3 is 2.29 bits per heavy atom. The Morgan fingerprint density at radius 1 is 1.24 bits per heavy atom. The lowest BCUT2D eigenvalue weighted by molar-refractivity contribution is -0.139. The fourth-order valence-electron chi connectivity index (χ4n) is 1.99. The molecule has 0 unspecified atom stereocenters. The van der Waals surface area contributed by atoms with Crippen LogP contribution in [0.4, 0.5) is 5.69 Å². The third-order valence-electron chi connectivity index (χ3n) is 3.17. The predicted octanol–water partition coefficient (Wildman–Crippen LogP) is 1.96. The van der Waals surface area contributed by atoms with E-state index in [0.29, 0.717) is 6.42 Å². The number of carbonyl (C=O) groups excluding carboxylic acids is 1. The van der Waals surface area contributed by atoms with Gasteiger partial charge in [0.25, 0.3) is 0 Å². The van der Waals surface area contributed by atoms with E-state index in [1.807, 2.05) is 32.0 Å². The number of rotatable bonds is 3. The number of aliphatic carboxylic acids is 1. The molecule has 0 saturated heterocycles. The summed E-state index contributed by atoms with van der Waals surface area (Å²) < 4.78 is 0. The lowest BCUT2D eigenvalue weighted by Gasteiger charge is -2.10. The number of amides is 1. The SMILES string of the molecule is Cc1cccc(C)c1NC(=O)[C@@H]1C[C@@H]1C(=O)O. The van der Waals surface area contributed by atoms with Crippen LogP contribution >= 0.6 is 0 Å². The van der Waals surface area contributed by atoms with Crippen LogP contribution in [0.5, 0.6) is 0 Å². The minimum Gasteiger partial charge on any atom is -0.481 e. The Kier molecular flexibility index (Phi) is 2.88. The number of hydrogen-bond acceptors (Lipinski definition) is 2. The zero-order valence-electron chi connectivity index (χ0n) is 9.86. The van der Waals surface area contributed by atoms with Crippen molar-refractivity contribution in [2.24, 2.45) is 11.8 Å². The third kappa shape index (κ3) is 2.30. The number of anilines is 1. The van der Waals surface area contributed by atoms with Crippen molar-refractivity contribution in [2.45, 2.75) is 20.3 Å². The molecular weight excluding hydrogens is 218 g/mol. The van der Waals surface area contributed by atoms with E-state index in [0.717, 1.165) is 16.8 Å². The van der Waals surface area contributed by atoms with E-state index in [-0.39, 0.29) is 11.8 Å². The van der Waals surface area contributed by atoms with Crippen LogP contribution in [-0.4, -0.2) is 17.0 Å². The van der Waals surface area contributed by atoms with Gasteiger partial charge >= 0.3 is 5.97 Å². The molecule has 4 nitrogen and oxygen atoms in total. The maximum absolute atomic E-state index is 11.8. The molecule has 1 aromatic carbocycles. The van der Waals surface area contributed by atoms with Crippen molar-refractivity contribution >= 4 is 17.6 Å². The van der Waals surface area contributed by atoms with Gasteiger partial charge in [-0.3, -0.25) is 9.59 Å². The van der Waals surface area contributed by atoms with E-state index in [9.17, 15) is 9.59 Å². The summed E-state index contributed by atoms with van der Waals surface area (Å²) in [5.74, 6) is -1.94. The first-order valence-electron chi connectivity index (χ1n) is 5.60. The van der Waals surface area contributed by atoms with Gasteiger partial charge in [0, 0.05) is 5.69 Å². The van der Waals surface area contributed by atoms with Crippen molar-refractivity contribution in [3.63, 3.8) is 0 Å². The quantitative estimate of drug-likeness (QED) is 0.838. The Labute approximate surface area is 99.6 Å². The highest BCUT2D eigenvalue weighted by molar-refractivity contribution is 5.99. The molecule has 1 aliphatic rings. The lowest BCUT2D eigenvalue weighted by atomic mass is 10.1. The molecule has 2 N–H and O–H groups in total. The van der Waals surface area contributed by atoms with Crippen molar-refractivity contribution in [2.75, 3.05) is 5.32 Å².